The lowest BCUT2D eigenvalue weighted by Gasteiger charge is -2.23. The van der Waals surface area contributed by atoms with E-state index in [4.69, 9.17) is 0 Å². The Bertz CT molecular complexity index is 537. The van der Waals surface area contributed by atoms with Crippen molar-refractivity contribution in [1.29, 1.82) is 0 Å². The molecule has 0 radical (unpaired) electrons. The van der Waals surface area contributed by atoms with Gasteiger partial charge in [0.1, 0.15) is 15.6 Å². The number of sulfone groups is 1. The Morgan fingerprint density at radius 2 is 1.74 bits per heavy atom. The van der Waals surface area contributed by atoms with E-state index in [1.165, 1.54) is 0 Å². The molecule has 2 rings (SSSR count). The fourth-order valence-corrected chi connectivity index (χ4v) is 4.85. The highest BCUT2D eigenvalue weighted by Crippen LogP contribution is 2.33. The fourth-order valence-electron chi connectivity index (χ4n) is 2.08. The Morgan fingerprint density at radius 3 is 2.26 bits per heavy atom. The van der Waals surface area contributed by atoms with Gasteiger partial charge in [0, 0.05) is 12.6 Å². The number of benzene rings is 1. The van der Waals surface area contributed by atoms with Crippen molar-refractivity contribution in [2.75, 3.05) is 11.5 Å². The van der Waals surface area contributed by atoms with Crippen molar-refractivity contribution in [2.24, 2.45) is 0 Å². The molecule has 4 nitrogen and oxygen atoms in total. The molecule has 1 saturated heterocycles. The lowest BCUT2D eigenvalue weighted by molar-refractivity contribution is 0.459. The zero-order chi connectivity index (χ0) is 14.0. The molecule has 0 aliphatic carbocycles. The quantitative estimate of drug-likeness (QED) is 0.800. The van der Waals surface area contributed by atoms with Crippen molar-refractivity contribution in [2.45, 2.75) is 25.4 Å². The van der Waals surface area contributed by atoms with Crippen molar-refractivity contribution in [3.8, 4) is 5.75 Å². The third kappa shape index (κ3) is 4.18. The van der Waals surface area contributed by atoms with Crippen LogP contribution in [0.3, 0.4) is 0 Å². The van der Waals surface area contributed by atoms with Crippen LogP contribution in [0.1, 0.15) is 18.4 Å². The lowest BCUT2D eigenvalue weighted by Crippen LogP contribution is -2.37. The van der Waals surface area contributed by atoms with E-state index in [-0.39, 0.29) is 23.3 Å². The molecule has 106 valence electrons. The minimum atomic E-state index is -2.81. The Kier molecular flexibility index (Phi) is 4.92. The highest BCUT2D eigenvalue weighted by atomic mass is 79.9. The minimum absolute atomic E-state index is 0.188. The van der Waals surface area contributed by atoms with Crippen LogP contribution in [0.15, 0.2) is 21.1 Å². The highest BCUT2D eigenvalue weighted by molar-refractivity contribution is 9.11. The summed E-state index contributed by atoms with van der Waals surface area (Å²) in [5.41, 5.74) is 1.03. The normalized spacial score (nSPS) is 19.5. The molecule has 0 saturated carbocycles. The van der Waals surface area contributed by atoms with Crippen molar-refractivity contribution in [3.05, 3.63) is 26.6 Å². The molecule has 0 spiro atoms. The van der Waals surface area contributed by atoms with E-state index in [1.54, 1.807) is 0 Å². The van der Waals surface area contributed by atoms with E-state index in [9.17, 15) is 13.5 Å². The van der Waals surface area contributed by atoms with Crippen molar-refractivity contribution in [1.82, 2.24) is 5.32 Å². The van der Waals surface area contributed by atoms with E-state index in [1.807, 2.05) is 12.1 Å². The second kappa shape index (κ2) is 6.11. The summed E-state index contributed by atoms with van der Waals surface area (Å²) < 4.78 is 23.9. The molecule has 1 aliphatic rings. The van der Waals surface area contributed by atoms with Crippen LogP contribution in [0.4, 0.5) is 0 Å². The number of phenols is 1. The van der Waals surface area contributed by atoms with E-state index in [0.29, 0.717) is 28.3 Å². The summed E-state index contributed by atoms with van der Waals surface area (Å²) in [7, 11) is -2.81. The summed E-state index contributed by atoms with van der Waals surface area (Å²) in [6.07, 6.45) is 1.34. The predicted octanol–water partition coefficient (Wildman–Crippen LogP) is 2.58. The summed E-state index contributed by atoms with van der Waals surface area (Å²) in [6.45, 7) is 0.655. The molecule has 1 aromatic rings. The molecule has 1 fully saturated rings. The molecule has 1 heterocycles. The molecule has 0 amide bonds. The van der Waals surface area contributed by atoms with Crippen LogP contribution < -0.4 is 5.32 Å². The maximum absolute atomic E-state index is 11.3. The van der Waals surface area contributed by atoms with Gasteiger partial charge in [-0.1, -0.05) is 0 Å². The average Bonchev–Trinajstić information content (AvgIpc) is 2.34. The van der Waals surface area contributed by atoms with Crippen molar-refractivity contribution >= 4 is 41.7 Å². The van der Waals surface area contributed by atoms with Gasteiger partial charge in [-0.15, -0.1) is 0 Å². The van der Waals surface area contributed by atoms with E-state index >= 15 is 0 Å². The zero-order valence-corrected chi connectivity index (χ0v) is 14.2. The summed E-state index contributed by atoms with van der Waals surface area (Å²) in [5, 5.41) is 13.0. The van der Waals surface area contributed by atoms with Crippen LogP contribution in [0, 0.1) is 0 Å². The number of hydrogen-bond acceptors (Lipinski definition) is 4. The standard InChI is InChI=1S/C12H15Br2NO3S/c13-10-5-8(6-11(14)12(10)16)7-15-9-1-3-19(17,18)4-2-9/h5-6,9,15-16H,1-4,7H2. The van der Waals surface area contributed by atoms with Gasteiger partial charge in [0.15, 0.2) is 0 Å². The van der Waals surface area contributed by atoms with Crippen molar-refractivity contribution in [3.63, 3.8) is 0 Å². The Hall–Kier alpha value is -0.110. The van der Waals surface area contributed by atoms with Crippen LogP contribution in [0.5, 0.6) is 5.75 Å². The second-order valence-corrected chi connectivity index (χ2v) is 8.73. The molecule has 1 aromatic carbocycles. The van der Waals surface area contributed by atoms with Gasteiger partial charge in [0.25, 0.3) is 0 Å². The fraction of sp³-hybridized carbons (Fsp3) is 0.500. The van der Waals surface area contributed by atoms with Gasteiger partial charge in [-0.2, -0.15) is 0 Å². The van der Waals surface area contributed by atoms with Gasteiger partial charge < -0.3 is 10.4 Å². The average molecular weight is 413 g/mol. The molecule has 1 aliphatic heterocycles. The monoisotopic (exact) mass is 411 g/mol. The largest absolute Gasteiger partial charge is 0.506 e. The molecule has 0 atom stereocenters. The molecule has 19 heavy (non-hydrogen) atoms. The van der Waals surface area contributed by atoms with Gasteiger partial charge in [0.2, 0.25) is 0 Å². The Balaban J connectivity index is 1.93. The Labute approximate surface area is 129 Å². The Morgan fingerprint density at radius 1 is 1.21 bits per heavy atom. The van der Waals surface area contributed by atoms with Crippen LogP contribution in [-0.4, -0.2) is 31.1 Å². The maximum atomic E-state index is 11.3. The van der Waals surface area contributed by atoms with Crippen LogP contribution >= 0.6 is 31.9 Å². The number of phenolic OH excluding ortho intramolecular Hbond substituents is 1. The molecule has 0 unspecified atom stereocenters. The van der Waals surface area contributed by atoms with Gasteiger partial charge in [-0.05, 0) is 62.4 Å². The molecule has 2 N–H and O–H groups in total. The van der Waals surface area contributed by atoms with Crippen LogP contribution in [-0.2, 0) is 16.4 Å². The first-order chi connectivity index (χ1) is 8.87. The van der Waals surface area contributed by atoms with Crippen LogP contribution in [0.2, 0.25) is 0 Å². The van der Waals surface area contributed by atoms with E-state index < -0.39 is 9.84 Å². The van der Waals surface area contributed by atoms with Gasteiger partial charge >= 0.3 is 0 Å². The molecule has 0 bridgehead atoms. The summed E-state index contributed by atoms with van der Waals surface area (Å²) >= 11 is 6.58. The molecule has 0 aromatic heterocycles. The van der Waals surface area contributed by atoms with E-state index in [0.717, 1.165) is 5.56 Å². The summed E-state index contributed by atoms with van der Waals surface area (Å²) in [4.78, 5) is 0. The summed E-state index contributed by atoms with van der Waals surface area (Å²) in [6, 6.07) is 3.95. The smallest absolute Gasteiger partial charge is 0.150 e. The van der Waals surface area contributed by atoms with Gasteiger partial charge in [-0.25, -0.2) is 8.42 Å². The number of aromatic hydroxyl groups is 1. The third-order valence-electron chi connectivity index (χ3n) is 3.23. The number of rotatable bonds is 3. The predicted molar refractivity (Wildman–Crippen MR) is 82.0 cm³/mol. The molecule has 7 heteroatoms. The second-order valence-electron chi connectivity index (χ2n) is 4.72. The number of halogens is 2. The number of hydrogen-bond donors (Lipinski definition) is 2. The lowest BCUT2D eigenvalue weighted by atomic mass is 10.1. The summed E-state index contributed by atoms with van der Waals surface area (Å²) in [5.74, 6) is 0.730. The van der Waals surface area contributed by atoms with Crippen LogP contribution in [0.25, 0.3) is 0 Å². The van der Waals surface area contributed by atoms with Crippen molar-refractivity contribution < 1.29 is 13.5 Å². The third-order valence-corrected chi connectivity index (χ3v) is 6.15. The van der Waals surface area contributed by atoms with Gasteiger partial charge in [-0.3, -0.25) is 0 Å². The first-order valence-electron chi connectivity index (χ1n) is 5.98. The topological polar surface area (TPSA) is 66.4 Å². The molecular weight excluding hydrogens is 398 g/mol. The van der Waals surface area contributed by atoms with E-state index in [2.05, 4.69) is 37.2 Å². The zero-order valence-electron chi connectivity index (χ0n) is 10.2. The minimum Gasteiger partial charge on any atom is -0.506 e. The maximum Gasteiger partial charge on any atom is 0.150 e. The van der Waals surface area contributed by atoms with Gasteiger partial charge in [0.05, 0.1) is 20.5 Å². The molecular formula is C12H15Br2NO3S. The number of nitrogens with one attached hydrogen (secondary N) is 1. The first-order valence-corrected chi connectivity index (χ1v) is 9.39. The SMILES string of the molecule is O=S1(=O)CCC(NCc2cc(Br)c(O)c(Br)c2)CC1. The highest BCUT2D eigenvalue weighted by Gasteiger charge is 2.23. The first kappa shape index (κ1) is 15.3.